The predicted molar refractivity (Wildman–Crippen MR) is 62.2 cm³/mol. The molecule has 0 aliphatic carbocycles. The van der Waals surface area contributed by atoms with Gasteiger partial charge in [-0.1, -0.05) is 32.9 Å². The van der Waals surface area contributed by atoms with E-state index < -0.39 is 0 Å². The largest absolute Gasteiger partial charge is 0.327 e. The van der Waals surface area contributed by atoms with Gasteiger partial charge in [-0.3, -0.25) is 0 Å². The SMILES string of the molecule is CC(C)(C)C(N)CCc1ccc(F)cc1. The number of hydrogen-bond acceptors (Lipinski definition) is 1. The quantitative estimate of drug-likeness (QED) is 0.813. The summed E-state index contributed by atoms with van der Waals surface area (Å²) in [5.74, 6) is -0.182. The van der Waals surface area contributed by atoms with Crippen LogP contribution in [0.25, 0.3) is 0 Å². The minimum Gasteiger partial charge on any atom is -0.327 e. The lowest BCUT2D eigenvalue weighted by Crippen LogP contribution is -2.35. The molecule has 1 unspecified atom stereocenters. The van der Waals surface area contributed by atoms with E-state index in [9.17, 15) is 4.39 Å². The van der Waals surface area contributed by atoms with Crippen molar-refractivity contribution in [1.29, 1.82) is 0 Å². The molecule has 0 saturated heterocycles. The highest BCUT2D eigenvalue weighted by atomic mass is 19.1. The van der Waals surface area contributed by atoms with Crippen LogP contribution in [0.4, 0.5) is 4.39 Å². The van der Waals surface area contributed by atoms with Crippen molar-refractivity contribution in [3.05, 3.63) is 35.6 Å². The molecule has 1 rings (SSSR count). The number of nitrogens with two attached hydrogens (primary N) is 1. The maximum Gasteiger partial charge on any atom is 0.123 e. The summed E-state index contributed by atoms with van der Waals surface area (Å²) in [7, 11) is 0. The smallest absolute Gasteiger partial charge is 0.123 e. The first-order valence-corrected chi connectivity index (χ1v) is 5.39. The fourth-order valence-corrected chi connectivity index (χ4v) is 1.41. The first-order chi connectivity index (χ1) is 6.89. The molecule has 0 spiro atoms. The molecule has 0 aromatic heterocycles. The second kappa shape index (κ2) is 4.75. The first kappa shape index (κ1) is 12.2. The van der Waals surface area contributed by atoms with Crippen LogP contribution in [-0.2, 0) is 6.42 Å². The third-order valence-corrected chi connectivity index (χ3v) is 2.77. The molecule has 1 atom stereocenters. The molecule has 0 saturated carbocycles. The summed E-state index contributed by atoms with van der Waals surface area (Å²) < 4.78 is 12.7. The van der Waals surface area contributed by atoms with Crippen molar-refractivity contribution in [3.8, 4) is 0 Å². The van der Waals surface area contributed by atoms with E-state index >= 15 is 0 Å². The lowest BCUT2D eigenvalue weighted by molar-refractivity contribution is 0.306. The highest BCUT2D eigenvalue weighted by Crippen LogP contribution is 2.21. The number of benzene rings is 1. The average molecular weight is 209 g/mol. The Morgan fingerprint density at radius 2 is 1.73 bits per heavy atom. The molecule has 1 aromatic rings. The van der Waals surface area contributed by atoms with Gasteiger partial charge < -0.3 is 5.73 Å². The van der Waals surface area contributed by atoms with Crippen LogP contribution in [0.15, 0.2) is 24.3 Å². The molecule has 1 nitrogen and oxygen atoms in total. The van der Waals surface area contributed by atoms with E-state index in [2.05, 4.69) is 20.8 Å². The van der Waals surface area contributed by atoms with Crippen LogP contribution in [0.3, 0.4) is 0 Å². The van der Waals surface area contributed by atoms with Gasteiger partial charge in [0.05, 0.1) is 0 Å². The van der Waals surface area contributed by atoms with Gasteiger partial charge in [-0.2, -0.15) is 0 Å². The molecule has 0 radical (unpaired) electrons. The molecular weight excluding hydrogens is 189 g/mol. The zero-order chi connectivity index (χ0) is 11.5. The summed E-state index contributed by atoms with van der Waals surface area (Å²) in [5.41, 5.74) is 7.34. The monoisotopic (exact) mass is 209 g/mol. The van der Waals surface area contributed by atoms with Gasteiger partial charge in [0, 0.05) is 6.04 Å². The minimum absolute atomic E-state index is 0.139. The summed E-state index contributed by atoms with van der Waals surface area (Å²) in [6.45, 7) is 6.42. The molecule has 0 aliphatic heterocycles. The Morgan fingerprint density at radius 3 is 2.20 bits per heavy atom. The molecule has 0 bridgehead atoms. The van der Waals surface area contributed by atoms with Gasteiger partial charge in [0.15, 0.2) is 0 Å². The van der Waals surface area contributed by atoms with Crippen molar-refractivity contribution < 1.29 is 4.39 Å². The maximum atomic E-state index is 12.7. The fourth-order valence-electron chi connectivity index (χ4n) is 1.41. The Bertz CT molecular complexity index is 297. The summed E-state index contributed by atoms with van der Waals surface area (Å²) in [4.78, 5) is 0. The van der Waals surface area contributed by atoms with E-state index in [0.717, 1.165) is 18.4 Å². The van der Waals surface area contributed by atoms with Crippen molar-refractivity contribution in [2.75, 3.05) is 0 Å². The van der Waals surface area contributed by atoms with Gasteiger partial charge >= 0.3 is 0 Å². The number of rotatable bonds is 3. The van der Waals surface area contributed by atoms with Crippen LogP contribution >= 0.6 is 0 Å². The molecular formula is C13H20FN. The lowest BCUT2D eigenvalue weighted by Gasteiger charge is -2.26. The highest BCUT2D eigenvalue weighted by molar-refractivity contribution is 5.16. The van der Waals surface area contributed by atoms with Crippen molar-refractivity contribution in [1.82, 2.24) is 0 Å². The Balaban J connectivity index is 2.47. The molecule has 0 fully saturated rings. The van der Waals surface area contributed by atoms with E-state index in [1.54, 1.807) is 0 Å². The summed E-state index contributed by atoms with van der Waals surface area (Å²) in [6.07, 6.45) is 1.86. The van der Waals surface area contributed by atoms with Crippen molar-refractivity contribution in [2.24, 2.45) is 11.1 Å². The van der Waals surface area contributed by atoms with Crippen LogP contribution in [0.2, 0.25) is 0 Å². The van der Waals surface area contributed by atoms with Crippen LogP contribution < -0.4 is 5.73 Å². The standard InChI is InChI=1S/C13H20FN/c1-13(2,3)12(15)9-6-10-4-7-11(14)8-5-10/h4-5,7-8,12H,6,9,15H2,1-3H3. The normalized spacial score (nSPS) is 13.9. The number of halogens is 1. The van der Waals surface area contributed by atoms with Crippen molar-refractivity contribution in [2.45, 2.75) is 39.7 Å². The van der Waals surface area contributed by atoms with Crippen LogP contribution in [0.1, 0.15) is 32.8 Å². The molecule has 0 aliphatic rings. The van der Waals surface area contributed by atoms with E-state index in [4.69, 9.17) is 5.73 Å². The molecule has 2 N–H and O–H groups in total. The third-order valence-electron chi connectivity index (χ3n) is 2.77. The van der Waals surface area contributed by atoms with E-state index in [-0.39, 0.29) is 17.3 Å². The molecule has 0 heterocycles. The molecule has 15 heavy (non-hydrogen) atoms. The average Bonchev–Trinajstić information content (AvgIpc) is 2.15. The molecule has 2 heteroatoms. The first-order valence-electron chi connectivity index (χ1n) is 5.39. The van der Waals surface area contributed by atoms with Gasteiger partial charge in [-0.05, 0) is 36.0 Å². The topological polar surface area (TPSA) is 26.0 Å². The minimum atomic E-state index is -0.182. The highest BCUT2D eigenvalue weighted by Gasteiger charge is 2.19. The summed E-state index contributed by atoms with van der Waals surface area (Å²) in [5, 5.41) is 0. The van der Waals surface area contributed by atoms with Gasteiger partial charge in [0.2, 0.25) is 0 Å². The molecule has 1 aromatic carbocycles. The van der Waals surface area contributed by atoms with Gasteiger partial charge in [0.25, 0.3) is 0 Å². The maximum absolute atomic E-state index is 12.7. The van der Waals surface area contributed by atoms with Gasteiger partial charge in [-0.25, -0.2) is 4.39 Å². The van der Waals surface area contributed by atoms with Crippen molar-refractivity contribution >= 4 is 0 Å². The van der Waals surface area contributed by atoms with Crippen LogP contribution in [0.5, 0.6) is 0 Å². The predicted octanol–water partition coefficient (Wildman–Crippen LogP) is 3.13. The molecule has 0 amide bonds. The Morgan fingerprint density at radius 1 is 1.20 bits per heavy atom. The zero-order valence-corrected chi connectivity index (χ0v) is 9.76. The van der Waals surface area contributed by atoms with Crippen molar-refractivity contribution in [3.63, 3.8) is 0 Å². The number of hydrogen-bond donors (Lipinski definition) is 1. The second-order valence-corrected chi connectivity index (χ2v) is 5.14. The fraction of sp³-hybridized carbons (Fsp3) is 0.538. The third kappa shape index (κ3) is 4.00. The Hall–Kier alpha value is -0.890. The van der Waals surface area contributed by atoms with E-state index in [1.807, 2.05) is 12.1 Å². The number of aryl methyl sites for hydroxylation is 1. The summed E-state index contributed by atoms with van der Waals surface area (Å²) in [6, 6.07) is 6.83. The van der Waals surface area contributed by atoms with E-state index in [0.29, 0.717) is 0 Å². The Labute approximate surface area is 91.5 Å². The second-order valence-electron chi connectivity index (χ2n) is 5.14. The van der Waals surface area contributed by atoms with Crippen LogP contribution in [-0.4, -0.2) is 6.04 Å². The summed E-state index contributed by atoms with van der Waals surface area (Å²) >= 11 is 0. The van der Waals surface area contributed by atoms with Crippen LogP contribution in [0, 0.1) is 11.2 Å². The van der Waals surface area contributed by atoms with Gasteiger partial charge in [0.1, 0.15) is 5.82 Å². The molecule has 84 valence electrons. The Kier molecular flexibility index (Phi) is 3.86. The van der Waals surface area contributed by atoms with E-state index in [1.165, 1.54) is 12.1 Å². The zero-order valence-electron chi connectivity index (χ0n) is 9.76. The van der Waals surface area contributed by atoms with Gasteiger partial charge in [-0.15, -0.1) is 0 Å². The lowest BCUT2D eigenvalue weighted by atomic mass is 9.84.